The minimum atomic E-state index is -5.09. The average molecular weight is 458 g/mol. The van der Waals surface area contributed by atoms with Crippen molar-refractivity contribution in [1.82, 2.24) is 0 Å². The molecule has 126 valence electrons. The van der Waals surface area contributed by atoms with E-state index in [1.165, 1.54) is 14.7 Å². The fourth-order valence-electron chi connectivity index (χ4n) is 1.63. The highest BCUT2D eigenvalue weighted by molar-refractivity contribution is 7.85. The molecule has 0 fully saturated rings. The summed E-state index contributed by atoms with van der Waals surface area (Å²) in [4.78, 5) is -1.24. The number of halogens is 4. The van der Waals surface area contributed by atoms with Crippen LogP contribution in [0.15, 0.2) is 47.4 Å². The van der Waals surface area contributed by atoms with E-state index < -0.39 is 26.8 Å². The van der Waals surface area contributed by atoms with E-state index in [4.69, 9.17) is 0 Å². The van der Waals surface area contributed by atoms with Crippen LogP contribution in [0.3, 0.4) is 0 Å². The molecule has 0 N–H and O–H groups in total. The first kappa shape index (κ1) is 19.9. The molecule has 0 bridgehead atoms. The molecule has 0 aliphatic rings. The maximum Gasteiger partial charge on any atom is 0.417 e. The van der Waals surface area contributed by atoms with Gasteiger partial charge < -0.3 is 4.55 Å². The number of aryl methyl sites for hydroxylation is 2. The summed E-state index contributed by atoms with van der Waals surface area (Å²) in [6, 6.07) is 9.76. The third-order valence-electron chi connectivity index (χ3n) is 2.94. The number of benzene rings is 2. The van der Waals surface area contributed by atoms with Crippen molar-refractivity contribution in [2.45, 2.75) is 24.9 Å². The van der Waals surface area contributed by atoms with Gasteiger partial charge in [0.1, 0.15) is 10.1 Å². The summed E-state index contributed by atoms with van der Waals surface area (Å²) in [5.74, 6) is 0. The zero-order valence-corrected chi connectivity index (χ0v) is 15.4. The minimum Gasteiger partial charge on any atom is -0.744 e. The lowest BCUT2D eigenvalue weighted by Gasteiger charge is -2.14. The molecular formula is C15H14F3IO3S. The summed E-state index contributed by atoms with van der Waals surface area (Å²) in [7, 11) is -5.09. The third-order valence-corrected chi connectivity index (χ3v) is 4.56. The van der Waals surface area contributed by atoms with E-state index >= 15 is 0 Å². The second kappa shape index (κ2) is 7.63. The topological polar surface area (TPSA) is 57.2 Å². The molecule has 23 heavy (non-hydrogen) atoms. The van der Waals surface area contributed by atoms with E-state index in [-0.39, 0.29) is 0 Å². The lowest BCUT2D eigenvalue weighted by molar-refractivity contribution is -0.328. The van der Waals surface area contributed by atoms with Crippen molar-refractivity contribution < 1.29 is 48.7 Å². The van der Waals surface area contributed by atoms with Crippen molar-refractivity contribution in [3.8, 4) is 0 Å². The second-order valence-electron chi connectivity index (χ2n) is 4.69. The first-order valence-corrected chi connectivity index (χ1v) is 8.86. The van der Waals surface area contributed by atoms with Gasteiger partial charge in [0, 0.05) is 0 Å². The maximum atomic E-state index is 12.2. The standard InChI is InChI=1S/C8H10I.C7H5F3O3S/c1-6-3-4-8(9)5-7(6)2;8-7(9,10)5-3-1-2-4-6(5)14(11,12)13/h3-5,9H,1-2H3;1-4H,(H,11,12,13)/q+1;/p-1. The van der Waals surface area contributed by atoms with Crippen molar-refractivity contribution in [3.05, 3.63) is 62.7 Å². The normalized spacial score (nSPS) is 11.6. The smallest absolute Gasteiger partial charge is 0.417 e. The highest BCUT2D eigenvalue weighted by Crippen LogP contribution is 2.33. The molecule has 2 aromatic rings. The maximum absolute atomic E-state index is 12.2. The van der Waals surface area contributed by atoms with Gasteiger partial charge in [-0.1, -0.05) is 18.2 Å². The zero-order valence-electron chi connectivity index (χ0n) is 12.2. The molecular weight excluding hydrogens is 444 g/mol. The predicted molar refractivity (Wildman–Crippen MR) is 75.4 cm³/mol. The van der Waals surface area contributed by atoms with Crippen molar-refractivity contribution >= 4 is 10.1 Å². The van der Waals surface area contributed by atoms with E-state index in [9.17, 15) is 26.1 Å². The van der Waals surface area contributed by atoms with Crippen LogP contribution in [0.1, 0.15) is 16.7 Å². The Hall–Kier alpha value is -1.13. The Labute approximate surface area is 146 Å². The highest BCUT2D eigenvalue weighted by Gasteiger charge is 2.34. The summed E-state index contributed by atoms with van der Waals surface area (Å²) in [6.07, 6.45) is -4.84. The molecule has 0 aliphatic heterocycles. The fourth-order valence-corrected chi connectivity index (χ4v) is 3.03. The number of hydrogen-bond acceptors (Lipinski definition) is 3. The highest BCUT2D eigenvalue weighted by atomic mass is 127. The summed E-state index contributed by atoms with van der Waals surface area (Å²) in [5.41, 5.74) is 1.33. The Bertz CT molecular complexity index is 787. The van der Waals surface area contributed by atoms with Crippen LogP contribution in [-0.2, 0) is 16.3 Å². The molecule has 0 saturated carbocycles. The van der Waals surface area contributed by atoms with E-state index in [1.54, 1.807) is 0 Å². The SMILES string of the molecule is Cc1ccc([IH+])cc1C.O=S(=O)([O-])c1ccccc1C(F)(F)F. The Morgan fingerprint density at radius 1 is 1.00 bits per heavy atom. The number of alkyl halides is 3. The Kier molecular flexibility index (Phi) is 6.60. The minimum absolute atomic E-state index is 0.546. The Morgan fingerprint density at radius 3 is 1.96 bits per heavy atom. The van der Waals surface area contributed by atoms with Gasteiger partial charge in [-0.3, -0.25) is 0 Å². The molecule has 0 saturated heterocycles. The quantitative estimate of drug-likeness (QED) is 0.459. The molecule has 0 amide bonds. The van der Waals surface area contributed by atoms with Gasteiger partial charge in [0.25, 0.3) is 22.6 Å². The first-order valence-electron chi connectivity index (χ1n) is 6.29. The summed E-state index contributed by atoms with van der Waals surface area (Å²) in [5, 5.41) is 0. The zero-order chi connectivity index (χ0) is 17.8. The van der Waals surface area contributed by atoms with Crippen molar-refractivity contribution in [1.29, 1.82) is 0 Å². The van der Waals surface area contributed by atoms with Gasteiger partial charge in [-0.15, -0.1) is 0 Å². The van der Waals surface area contributed by atoms with Crippen molar-refractivity contribution in [2.24, 2.45) is 0 Å². The van der Waals surface area contributed by atoms with E-state index in [0.717, 1.165) is 12.1 Å². The molecule has 0 aromatic heterocycles. The van der Waals surface area contributed by atoms with E-state index in [2.05, 4.69) is 32.0 Å². The molecule has 0 spiro atoms. The van der Waals surface area contributed by atoms with Gasteiger partial charge in [0.05, 0.1) is 10.5 Å². The molecule has 0 unspecified atom stereocenters. The van der Waals surface area contributed by atoms with Crippen molar-refractivity contribution in [2.75, 3.05) is 0 Å². The molecule has 0 radical (unpaired) electrons. The van der Waals surface area contributed by atoms with Gasteiger partial charge >= 0.3 is 6.18 Å². The third kappa shape index (κ3) is 6.11. The summed E-state index contributed by atoms with van der Waals surface area (Å²) < 4.78 is 69.2. The Balaban J connectivity index is 0.000000253. The molecule has 0 heterocycles. The average Bonchev–Trinajstić information content (AvgIpc) is 2.42. The fraction of sp³-hybridized carbons (Fsp3) is 0.200. The summed E-state index contributed by atoms with van der Waals surface area (Å²) in [6.45, 7) is 4.28. The molecule has 2 rings (SSSR count). The van der Waals surface area contributed by atoms with Crippen LogP contribution in [0.4, 0.5) is 13.2 Å². The number of rotatable bonds is 1. The second-order valence-corrected chi connectivity index (χ2v) is 7.39. The molecule has 3 nitrogen and oxygen atoms in total. The molecule has 0 atom stereocenters. The molecule has 0 aliphatic carbocycles. The summed E-state index contributed by atoms with van der Waals surface area (Å²) >= 11 is 2.05. The largest absolute Gasteiger partial charge is 0.744 e. The molecule has 8 heteroatoms. The van der Waals surface area contributed by atoms with Crippen LogP contribution in [0.5, 0.6) is 0 Å². The predicted octanol–water partition coefficient (Wildman–Crippen LogP) is 0.368. The lowest BCUT2D eigenvalue weighted by atomic mass is 10.1. The lowest BCUT2D eigenvalue weighted by Crippen LogP contribution is -3.34. The van der Waals surface area contributed by atoms with Gasteiger partial charge in [-0.25, -0.2) is 8.42 Å². The van der Waals surface area contributed by atoms with Gasteiger partial charge in [0.2, 0.25) is 0 Å². The molecule has 2 aromatic carbocycles. The van der Waals surface area contributed by atoms with Crippen LogP contribution >= 0.6 is 0 Å². The monoisotopic (exact) mass is 458 g/mol. The first-order chi connectivity index (χ1) is 10.4. The van der Waals surface area contributed by atoms with Crippen molar-refractivity contribution in [3.63, 3.8) is 0 Å². The van der Waals surface area contributed by atoms with Crippen LogP contribution in [0.25, 0.3) is 0 Å². The van der Waals surface area contributed by atoms with Gasteiger partial charge in [0.15, 0.2) is 3.57 Å². The van der Waals surface area contributed by atoms with Crippen LogP contribution < -0.4 is 22.6 Å². The Morgan fingerprint density at radius 2 is 1.57 bits per heavy atom. The number of hydrogen-bond donors (Lipinski definition) is 0. The van der Waals surface area contributed by atoms with E-state index in [0.29, 0.717) is 12.1 Å². The van der Waals surface area contributed by atoms with E-state index in [1.807, 2.05) is 22.6 Å². The van der Waals surface area contributed by atoms with Gasteiger partial charge in [-0.05, 0) is 49.2 Å². The van der Waals surface area contributed by atoms with Crippen LogP contribution in [-0.4, -0.2) is 13.0 Å². The van der Waals surface area contributed by atoms with Crippen LogP contribution in [0, 0.1) is 17.4 Å². The van der Waals surface area contributed by atoms with Gasteiger partial charge in [-0.2, -0.15) is 13.2 Å². The van der Waals surface area contributed by atoms with Crippen LogP contribution in [0.2, 0.25) is 0 Å².